The Bertz CT molecular complexity index is 777. The summed E-state index contributed by atoms with van der Waals surface area (Å²) in [7, 11) is 0. The summed E-state index contributed by atoms with van der Waals surface area (Å²) in [5.41, 5.74) is 8.30. The summed E-state index contributed by atoms with van der Waals surface area (Å²) >= 11 is 0. The normalized spacial score (nSPS) is 20.1. The van der Waals surface area contributed by atoms with Gasteiger partial charge < -0.3 is 16.4 Å². The number of carbonyl (C=O) groups is 2. The van der Waals surface area contributed by atoms with E-state index < -0.39 is 0 Å². The number of pyridine rings is 1. The smallest absolute Gasteiger partial charge is 0.255 e. The summed E-state index contributed by atoms with van der Waals surface area (Å²) in [5, 5.41) is 5.89. The molecule has 142 valence electrons. The lowest BCUT2D eigenvalue weighted by molar-refractivity contribution is -0.122. The molecule has 1 saturated carbocycles. The van der Waals surface area contributed by atoms with Gasteiger partial charge in [0.05, 0.1) is 6.04 Å². The molecule has 0 saturated heterocycles. The zero-order chi connectivity index (χ0) is 19.2. The van der Waals surface area contributed by atoms with Crippen LogP contribution in [0.2, 0.25) is 0 Å². The second-order valence-electron chi connectivity index (χ2n) is 7.16. The van der Waals surface area contributed by atoms with Crippen molar-refractivity contribution in [2.24, 2.45) is 11.7 Å². The number of nitrogens with zero attached hydrogens (tertiary/aromatic N) is 1. The average molecular weight is 366 g/mol. The van der Waals surface area contributed by atoms with Crippen LogP contribution in [-0.4, -0.2) is 22.8 Å². The Hall–Kier alpha value is -2.73. The van der Waals surface area contributed by atoms with Crippen LogP contribution in [0.1, 0.15) is 54.6 Å². The fourth-order valence-corrected chi connectivity index (χ4v) is 3.50. The van der Waals surface area contributed by atoms with Crippen LogP contribution >= 0.6 is 0 Å². The second kappa shape index (κ2) is 8.77. The van der Waals surface area contributed by atoms with E-state index in [1.54, 1.807) is 24.5 Å². The summed E-state index contributed by atoms with van der Waals surface area (Å²) < 4.78 is 0. The Morgan fingerprint density at radius 2 is 1.85 bits per heavy atom. The Morgan fingerprint density at radius 3 is 2.48 bits per heavy atom. The molecule has 1 aliphatic carbocycles. The summed E-state index contributed by atoms with van der Waals surface area (Å²) in [6, 6.07) is 10.9. The number of benzene rings is 1. The van der Waals surface area contributed by atoms with Crippen molar-refractivity contribution >= 4 is 17.5 Å². The summed E-state index contributed by atoms with van der Waals surface area (Å²) in [6.07, 6.45) is 6.82. The van der Waals surface area contributed by atoms with Crippen molar-refractivity contribution in [2.45, 2.75) is 44.7 Å². The van der Waals surface area contributed by atoms with Gasteiger partial charge in [0.1, 0.15) is 0 Å². The monoisotopic (exact) mass is 366 g/mol. The van der Waals surface area contributed by atoms with Crippen LogP contribution < -0.4 is 16.4 Å². The molecule has 2 aromatic rings. The van der Waals surface area contributed by atoms with Gasteiger partial charge in [0, 0.05) is 36.1 Å². The molecular formula is C21H26N4O2. The lowest BCUT2D eigenvalue weighted by Gasteiger charge is -2.18. The third-order valence-electron chi connectivity index (χ3n) is 5.15. The van der Waals surface area contributed by atoms with Crippen LogP contribution in [0.3, 0.4) is 0 Å². The highest BCUT2D eigenvalue weighted by atomic mass is 16.2. The molecule has 1 aromatic heterocycles. The number of carbonyl (C=O) groups excluding carboxylic acids is 2. The highest BCUT2D eigenvalue weighted by molar-refractivity contribution is 6.04. The minimum absolute atomic E-state index is 0.0416. The number of hydrogen-bond donors (Lipinski definition) is 3. The van der Waals surface area contributed by atoms with Crippen molar-refractivity contribution in [3.05, 3.63) is 59.9 Å². The first-order valence-corrected chi connectivity index (χ1v) is 9.39. The van der Waals surface area contributed by atoms with Crippen LogP contribution in [0.15, 0.2) is 48.8 Å². The molecule has 0 radical (unpaired) electrons. The number of hydrogen-bond acceptors (Lipinski definition) is 4. The zero-order valence-electron chi connectivity index (χ0n) is 15.5. The van der Waals surface area contributed by atoms with E-state index in [0.29, 0.717) is 23.6 Å². The first-order valence-electron chi connectivity index (χ1n) is 9.39. The molecule has 3 atom stereocenters. The Labute approximate surface area is 159 Å². The van der Waals surface area contributed by atoms with E-state index in [1.807, 2.05) is 31.2 Å². The van der Waals surface area contributed by atoms with Gasteiger partial charge in [-0.3, -0.25) is 14.6 Å². The molecule has 27 heavy (non-hydrogen) atoms. The predicted molar refractivity (Wildman–Crippen MR) is 105 cm³/mol. The van der Waals surface area contributed by atoms with Crippen molar-refractivity contribution in [1.29, 1.82) is 0 Å². The van der Waals surface area contributed by atoms with Gasteiger partial charge in [0.15, 0.2) is 0 Å². The van der Waals surface area contributed by atoms with E-state index >= 15 is 0 Å². The molecule has 0 aliphatic heterocycles. The van der Waals surface area contributed by atoms with E-state index in [4.69, 9.17) is 5.73 Å². The van der Waals surface area contributed by atoms with Gasteiger partial charge >= 0.3 is 0 Å². The van der Waals surface area contributed by atoms with Gasteiger partial charge in [-0.25, -0.2) is 0 Å². The highest BCUT2D eigenvalue weighted by Gasteiger charge is 2.26. The number of nitrogens with one attached hydrogen (secondary N) is 2. The molecule has 1 heterocycles. The van der Waals surface area contributed by atoms with Crippen molar-refractivity contribution in [2.75, 3.05) is 5.32 Å². The standard InChI is InChI=1S/C21H26N4O2/c1-14(24-20(26)13-17-3-2-4-19(17)22)15-5-7-18(8-6-15)25-21(27)16-9-11-23-12-10-16/h5-12,14,17,19H,2-4,13,22H2,1H3,(H,24,26)(H,25,27)/t14?,17-,19+/m0/s1. The summed E-state index contributed by atoms with van der Waals surface area (Å²) in [5.74, 6) is 0.155. The maximum absolute atomic E-state index is 12.3. The first-order chi connectivity index (χ1) is 13.0. The number of nitrogens with two attached hydrogens (primary N) is 1. The van der Waals surface area contributed by atoms with E-state index in [2.05, 4.69) is 15.6 Å². The Balaban J connectivity index is 1.53. The predicted octanol–water partition coefficient (Wildman–Crippen LogP) is 3.03. The molecule has 1 unspecified atom stereocenters. The fraction of sp³-hybridized carbons (Fsp3) is 0.381. The number of aromatic nitrogens is 1. The van der Waals surface area contributed by atoms with Crippen LogP contribution in [0.25, 0.3) is 0 Å². The van der Waals surface area contributed by atoms with E-state index in [0.717, 1.165) is 24.8 Å². The lowest BCUT2D eigenvalue weighted by Crippen LogP contribution is -2.32. The molecular weight excluding hydrogens is 340 g/mol. The van der Waals surface area contributed by atoms with Gasteiger partial charge in [-0.1, -0.05) is 18.6 Å². The molecule has 0 spiro atoms. The zero-order valence-corrected chi connectivity index (χ0v) is 15.5. The Kier molecular flexibility index (Phi) is 6.19. The SMILES string of the molecule is CC(NC(=O)C[C@@H]1CCC[C@H]1N)c1ccc(NC(=O)c2ccncc2)cc1. The topological polar surface area (TPSA) is 97.1 Å². The molecule has 4 N–H and O–H groups in total. The summed E-state index contributed by atoms with van der Waals surface area (Å²) in [6.45, 7) is 1.96. The number of rotatable bonds is 6. The minimum Gasteiger partial charge on any atom is -0.350 e. The lowest BCUT2D eigenvalue weighted by atomic mass is 9.99. The molecule has 6 heteroatoms. The number of anilines is 1. The van der Waals surface area contributed by atoms with Crippen molar-refractivity contribution in [3.8, 4) is 0 Å². The maximum atomic E-state index is 12.3. The molecule has 1 aliphatic rings. The number of amides is 2. The largest absolute Gasteiger partial charge is 0.350 e. The summed E-state index contributed by atoms with van der Waals surface area (Å²) in [4.78, 5) is 28.3. The van der Waals surface area contributed by atoms with Gasteiger partial charge in [-0.2, -0.15) is 0 Å². The fourth-order valence-electron chi connectivity index (χ4n) is 3.50. The first kappa shape index (κ1) is 19.0. The van der Waals surface area contributed by atoms with Crippen molar-refractivity contribution in [1.82, 2.24) is 10.3 Å². The van der Waals surface area contributed by atoms with Gasteiger partial charge in [0.25, 0.3) is 5.91 Å². The molecule has 1 fully saturated rings. The second-order valence-corrected chi connectivity index (χ2v) is 7.16. The maximum Gasteiger partial charge on any atom is 0.255 e. The molecule has 1 aromatic carbocycles. The van der Waals surface area contributed by atoms with Crippen LogP contribution in [0.5, 0.6) is 0 Å². The van der Waals surface area contributed by atoms with Gasteiger partial charge in [-0.05, 0) is 55.5 Å². The molecule has 3 rings (SSSR count). The minimum atomic E-state index is -0.181. The van der Waals surface area contributed by atoms with Crippen molar-refractivity contribution < 1.29 is 9.59 Å². The molecule has 2 amide bonds. The quantitative estimate of drug-likeness (QED) is 0.732. The van der Waals surface area contributed by atoms with E-state index in [1.165, 1.54) is 0 Å². The Morgan fingerprint density at radius 1 is 1.15 bits per heavy atom. The van der Waals surface area contributed by atoms with E-state index in [9.17, 15) is 9.59 Å². The van der Waals surface area contributed by atoms with Gasteiger partial charge in [-0.15, -0.1) is 0 Å². The average Bonchev–Trinajstić information content (AvgIpc) is 3.07. The third-order valence-corrected chi connectivity index (χ3v) is 5.15. The van der Waals surface area contributed by atoms with Crippen LogP contribution in [0.4, 0.5) is 5.69 Å². The molecule has 0 bridgehead atoms. The van der Waals surface area contributed by atoms with Crippen molar-refractivity contribution in [3.63, 3.8) is 0 Å². The molecule has 6 nitrogen and oxygen atoms in total. The van der Waals surface area contributed by atoms with Gasteiger partial charge in [0.2, 0.25) is 5.91 Å². The van der Waals surface area contributed by atoms with Crippen LogP contribution in [0, 0.1) is 5.92 Å². The third kappa shape index (κ3) is 5.14. The van der Waals surface area contributed by atoms with Crippen LogP contribution in [-0.2, 0) is 4.79 Å². The highest BCUT2D eigenvalue weighted by Crippen LogP contribution is 2.27. The van der Waals surface area contributed by atoms with E-state index in [-0.39, 0.29) is 23.9 Å².